The van der Waals surface area contributed by atoms with Crippen molar-refractivity contribution in [3.63, 3.8) is 0 Å². The molecular formula is C15H13N3OS. The van der Waals surface area contributed by atoms with Crippen LogP contribution in [0, 0.1) is 6.92 Å². The highest BCUT2D eigenvalue weighted by atomic mass is 32.1. The molecule has 1 fully saturated rings. The van der Waals surface area contributed by atoms with Gasteiger partial charge >= 0.3 is 0 Å². The smallest absolute Gasteiger partial charge is 0.258 e. The first-order valence-corrected chi connectivity index (χ1v) is 7.50. The Bertz CT molecular complexity index is 837. The maximum Gasteiger partial charge on any atom is 0.258 e. The van der Waals surface area contributed by atoms with Gasteiger partial charge in [0.25, 0.3) is 5.56 Å². The molecule has 1 saturated carbocycles. The van der Waals surface area contributed by atoms with Gasteiger partial charge in [-0.15, -0.1) is 11.3 Å². The van der Waals surface area contributed by atoms with Crippen molar-refractivity contribution in [2.75, 3.05) is 0 Å². The number of pyridine rings is 1. The Labute approximate surface area is 119 Å². The summed E-state index contributed by atoms with van der Waals surface area (Å²) in [5.41, 5.74) is 3.14. The molecule has 0 saturated heterocycles. The standard InChI is InChI=1S/C15H13N3OS/c1-9-8-20-15-17-13(6-14(19)18(9)15)12-5-11(12)10-3-2-4-16-7-10/h2-4,6-8,11-12H,5H2,1H3/t11-,12+/m0/s1. The zero-order valence-electron chi connectivity index (χ0n) is 11.0. The number of nitrogens with zero attached hydrogens (tertiary/aromatic N) is 3. The SMILES string of the molecule is Cc1csc2nc([C@@H]3C[C@H]3c3cccnc3)cc(=O)n12. The third-order valence-electron chi connectivity index (χ3n) is 3.88. The highest BCUT2D eigenvalue weighted by Gasteiger charge is 2.41. The quantitative estimate of drug-likeness (QED) is 0.726. The normalized spacial score (nSPS) is 21.2. The Kier molecular flexibility index (Phi) is 2.50. The fourth-order valence-corrected chi connectivity index (χ4v) is 3.63. The van der Waals surface area contributed by atoms with E-state index in [1.807, 2.05) is 24.6 Å². The molecule has 0 radical (unpaired) electrons. The van der Waals surface area contributed by atoms with E-state index in [9.17, 15) is 4.79 Å². The average molecular weight is 283 g/mol. The first-order valence-electron chi connectivity index (χ1n) is 6.62. The van der Waals surface area contributed by atoms with Gasteiger partial charge < -0.3 is 0 Å². The summed E-state index contributed by atoms with van der Waals surface area (Å²) in [7, 11) is 0. The van der Waals surface area contributed by atoms with E-state index < -0.39 is 0 Å². The molecule has 1 aliphatic rings. The Morgan fingerprint density at radius 1 is 1.40 bits per heavy atom. The lowest BCUT2D eigenvalue weighted by Crippen LogP contribution is -2.14. The topological polar surface area (TPSA) is 47.3 Å². The van der Waals surface area contributed by atoms with E-state index in [1.54, 1.807) is 16.7 Å². The van der Waals surface area contributed by atoms with Crippen LogP contribution < -0.4 is 5.56 Å². The molecule has 0 bridgehead atoms. The Hall–Kier alpha value is -2.01. The monoisotopic (exact) mass is 283 g/mol. The van der Waals surface area contributed by atoms with Crippen molar-refractivity contribution in [3.05, 3.63) is 63.3 Å². The van der Waals surface area contributed by atoms with Gasteiger partial charge in [0.15, 0.2) is 4.96 Å². The largest absolute Gasteiger partial charge is 0.269 e. The Morgan fingerprint density at radius 3 is 3.10 bits per heavy atom. The molecule has 4 rings (SSSR count). The van der Waals surface area contributed by atoms with Crippen molar-refractivity contribution in [1.29, 1.82) is 0 Å². The van der Waals surface area contributed by atoms with Crippen molar-refractivity contribution in [3.8, 4) is 0 Å². The highest BCUT2D eigenvalue weighted by Crippen LogP contribution is 2.53. The van der Waals surface area contributed by atoms with Crippen molar-refractivity contribution in [1.82, 2.24) is 14.4 Å². The van der Waals surface area contributed by atoms with Crippen LogP contribution in [0.4, 0.5) is 0 Å². The number of hydrogen-bond donors (Lipinski definition) is 0. The molecule has 2 atom stereocenters. The third kappa shape index (κ3) is 1.78. The summed E-state index contributed by atoms with van der Waals surface area (Å²) in [5.74, 6) is 0.818. The van der Waals surface area contributed by atoms with Gasteiger partial charge in [-0.1, -0.05) is 6.07 Å². The lowest BCUT2D eigenvalue weighted by molar-refractivity contribution is 0.925. The number of thiazole rings is 1. The van der Waals surface area contributed by atoms with Gasteiger partial charge in [-0.25, -0.2) is 4.98 Å². The van der Waals surface area contributed by atoms with E-state index in [4.69, 9.17) is 0 Å². The van der Waals surface area contributed by atoms with Gasteiger partial charge in [0, 0.05) is 35.5 Å². The molecule has 0 aliphatic heterocycles. The summed E-state index contributed by atoms with van der Waals surface area (Å²) < 4.78 is 1.68. The molecule has 0 spiro atoms. The van der Waals surface area contributed by atoms with Gasteiger partial charge in [-0.05, 0) is 30.9 Å². The van der Waals surface area contributed by atoms with Crippen molar-refractivity contribution in [2.24, 2.45) is 0 Å². The number of hydrogen-bond acceptors (Lipinski definition) is 4. The van der Waals surface area contributed by atoms with E-state index in [-0.39, 0.29) is 5.56 Å². The number of fused-ring (bicyclic) bond motifs is 1. The molecule has 5 heteroatoms. The first-order chi connectivity index (χ1) is 9.74. The molecule has 3 aromatic rings. The fourth-order valence-electron chi connectivity index (χ4n) is 2.75. The van der Waals surface area contributed by atoms with Crippen molar-refractivity contribution in [2.45, 2.75) is 25.2 Å². The molecule has 1 aliphatic carbocycles. The number of aromatic nitrogens is 3. The van der Waals surface area contributed by atoms with E-state index in [0.29, 0.717) is 11.8 Å². The van der Waals surface area contributed by atoms with E-state index in [0.717, 1.165) is 22.8 Å². The number of rotatable bonds is 2. The highest BCUT2D eigenvalue weighted by molar-refractivity contribution is 7.15. The number of aryl methyl sites for hydroxylation is 1. The maximum atomic E-state index is 12.2. The van der Waals surface area contributed by atoms with Gasteiger partial charge in [0.1, 0.15) is 0 Å². The minimum absolute atomic E-state index is 0.0283. The van der Waals surface area contributed by atoms with Crippen molar-refractivity contribution >= 4 is 16.3 Å². The van der Waals surface area contributed by atoms with Crippen LogP contribution in [-0.2, 0) is 0 Å². The lowest BCUT2D eigenvalue weighted by Gasteiger charge is -2.01. The van der Waals surface area contributed by atoms with Gasteiger partial charge in [-0.3, -0.25) is 14.2 Å². The van der Waals surface area contributed by atoms with E-state index in [2.05, 4.69) is 16.0 Å². The van der Waals surface area contributed by atoms with E-state index in [1.165, 1.54) is 16.9 Å². The van der Waals surface area contributed by atoms with Crippen LogP contribution >= 0.6 is 11.3 Å². The maximum absolute atomic E-state index is 12.2. The molecule has 0 unspecified atom stereocenters. The zero-order chi connectivity index (χ0) is 13.7. The second-order valence-electron chi connectivity index (χ2n) is 5.25. The minimum Gasteiger partial charge on any atom is -0.269 e. The summed E-state index contributed by atoms with van der Waals surface area (Å²) >= 11 is 1.52. The van der Waals surface area contributed by atoms with E-state index >= 15 is 0 Å². The average Bonchev–Trinajstić information content (AvgIpc) is 3.18. The molecule has 20 heavy (non-hydrogen) atoms. The van der Waals surface area contributed by atoms with Crippen LogP contribution in [0.5, 0.6) is 0 Å². The van der Waals surface area contributed by atoms with Crippen LogP contribution in [0.25, 0.3) is 4.96 Å². The molecule has 3 heterocycles. The lowest BCUT2D eigenvalue weighted by atomic mass is 10.1. The molecule has 100 valence electrons. The summed E-state index contributed by atoms with van der Waals surface area (Å²) in [4.78, 5) is 21.8. The summed E-state index contributed by atoms with van der Waals surface area (Å²) in [6, 6.07) is 5.74. The molecule has 0 aromatic carbocycles. The van der Waals surface area contributed by atoms with Gasteiger partial charge in [0.05, 0.1) is 5.69 Å². The minimum atomic E-state index is 0.0283. The Balaban J connectivity index is 1.73. The van der Waals surface area contributed by atoms with Crippen LogP contribution in [0.3, 0.4) is 0 Å². The molecule has 0 amide bonds. The molecule has 3 aromatic heterocycles. The zero-order valence-corrected chi connectivity index (χ0v) is 11.8. The van der Waals surface area contributed by atoms with Crippen LogP contribution in [0.15, 0.2) is 40.8 Å². The van der Waals surface area contributed by atoms with Crippen LogP contribution in [0.1, 0.15) is 35.2 Å². The summed E-state index contributed by atoms with van der Waals surface area (Å²) in [6.07, 6.45) is 4.75. The second kappa shape index (κ2) is 4.24. The molecular weight excluding hydrogens is 270 g/mol. The molecule has 0 N–H and O–H groups in total. The Morgan fingerprint density at radius 2 is 2.30 bits per heavy atom. The van der Waals surface area contributed by atoms with Crippen LogP contribution in [-0.4, -0.2) is 14.4 Å². The predicted octanol–water partition coefficient (Wildman–Crippen LogP) is 2.73. The van der Waals surface area contributed by atoms with Gasteiger partial charge in [-0.2, -0.15) is 0 Å². The fraction of sp³-hybridized carbons (Fsp3) is 0.267. The van der Waals surface area contributed by atoms with Gasteiger partial charge in [0.2, 0.25) is 0 Å². The van der Waals surface area contributed by atoms with Crippen molar-refractivity contribution < 1.29 is 0 Å². The predicted molar refractivity (Wildman–Crippen MR) is 78.4 cm³/mol. The third-order valence-corrected chi connectivity index (χ3v) is 4.82. The second-order valence-corrected chi connectivity index (χ2v) is 6.09. The molecule has 4 nitrogen and oxygen atoms in total. The summed E-state index contributed by atoms with van der Waals surface area (Å²) in [6.45, 7) is 1.93. The first kappa shape index (κ1) is 11.8. The van der Waals surface area contributed by atoms with Crippen LogP contribution in [0.2, 0.25) is 0 Å². The summed E-state index contributed by atoms with van der Waals surface area (Å²) in [5, 5.41) is 1.97.